The highest BCUT2D eigenvalue weighted by atomic mass is 16.6. The molecule has 1 saturated heterocycles. The monoisotopic (exact) mass is 637 g/mol. The molecule has 1 aliphatic heterocycles. The lowest BCUT2D eigenvalue weighted by atomic mass is 9.44. The Morgan fingerprint density at radius 2 is 1.71 bits per heavy atom. The Bertz CT molecular complexity index is 1190. The highest BCUT2D eigenvalue weighted by Crippen LogP contribution is 2.71. The molecule has 1 unspecified atom stereocenters. The molecule has 10 nitrogen and oxygen atoms in total. The second kappa shape index (κ2) is 11.8. The van der Waals surface area contributed by atoms with Gasteiger partial charge in [-0.3, -0.25) is 0 Å². The van der Waals surface area contributed by atoms with Gasteiger partial charge in [0.25, 0.3) is 0 Å². The Morgan fingerprint density at radius 3 is 2.20 bits per heavy atom. The van der Waals surface area contributed by atoms with Gasteiger partial charge in [-0.15, -0.1) is 0 Å². The van der Waals surface area contributed by atoms with E-state index in [2.05, 4.69) is 19.2 Å². The third-order valence-electron chi connectivity index (χ3n) is 12.0. The van der Waals surface area contributed by atoms with Crippen LogP contribution in [0.25, 0.3) is 0 Å². The lowest BCUT2D eigenvalue weighted by molar-refractivity contribution is -0.308. The molecular formula is C35H59NO9. The lowest BCUT2D eigenvalue weighted by Gasteiger charge is -2.66. The quantitative estimate of drug-likeness (QED) is 0.205. The van der Waals surface area contributed by atoms with Crippen LogP contribution in [0, 0.1) is 39.9 Å². The molecule has 10 heteroatoms. The number of alkyl carbamates (subject to hydrolysis) is 1. The van der Waals surface area contributed by atoms with E-state index in [9.17, 15) is 30.0 Å². The average Bonchev–Trinajstić information content (AvgIpc) is 3.16. The summed E-state index contributed by atoms with van der Waals surface area (Å²) in [7, 11) is 0. The Kier molecular flexibility index (Phi) is 9.44. The topological polar surface area (TPSA) is 155 Å². The molecule has 1 amide bonds. The second-order valence-corrected chi connectivity index (χ2v) is 17.0. The van der Waals surface area contributed by atoms with Crippen LogP contribution in [0.5, 0.6) is 0 Å². The number of aliphatic hydroxyl groups excluding tert-OH is 3. The van der Waals surface area contributed by atoms with Crippen molar-refractivity contribution in [1.29, 1.82) is 0 Å². The van der Waals surface area contributed by atoms with Crippen LogP contribution in [0.3, 0.4) is 0 Å². The van der Waals surface area contributed by atoms with Gasteiger partial charge in [0.05, 0.1) is 36.6 Å². The zero-order chi connectivity index (χ0) is 34.2. The number of amides is 1. The standard InChI is InChI=1S/C35H59NO9/c1-17(2)13-21(36-30(41)45-31(6,7)8)26(38)29(40)44-22-15-35(32(9,10)42)20(5)27-33(11)16-43-24(33)14-23(37)34(27,12)28(39)19(4)25(35)18(22)3/h17,19-24,26-28,37-39,42H,13-16H2,1-12H3,(H,36,41)/t19-,20-,21-,22-,23-,24+,26?,27+,28-,33+,34+,35+/m0/s1. The minimum Gasteiger partial charge on any atom is -0.456 e. The third-order valence-corrected chi connectivity index (χ3v) is 12.0. The molecule has 0 radical (unpaired) electrons. The molecule has 258 valence electrons. The van der Waals surface area contributed by atoms with Crippen molar-refractivity contribution in [3.63, 3.8) is 0 Å². The van der Waals surface area contributed by atoms with E-state index in [0.29, 0.717) is 19.4 Å². The lowest BCUT2D eigenvalue weighted by Crippen LogP contribution is -2.71. The summed E-state index contributed by atoms with van der Waals surface area (Å²) in [6.07, 6.45) is -4.01. The van der Waals surface area contributed by atoms with Crippen molar-refractivity contribution in [1.82, 2.24) is 5.32 Å². The Hall–Kier alpha value is -1.72. The summed E-state index contributed by atoms with van der Waals surface area (Å²) >= 11 is 0. The first-order valence-corrected chi connectivity index (χ1v) is 16.7. The SMILES string of the molecule is CC1=C2[C@H](C)[C@H](O)[C@@]3(C)[C@H]([C@H](C)[C@]2(C(C)(C)O)C[C@@H]1OC(=O)C(O)[C@H](CC(C)C)NC(=O)OC(C)(C)C)[C@]1(C)CO[C@@H]1C[C@@H]3O. The molecule has 0 bridgehead atoms. The van der Waals surface area contributed by atoms with Gasteiger partial charge in [-0.1, -0.05) is 47.1 Å². The Balaban J connectivity index is 1.71. The first kappa shape index (κ1) is 36.1. The van der Waals surface area contributed by atoms with E-state index in [1.165, 1.54) is 0 Å². The number of ether oxygens (including phenoxy) is 3. The van der Waals surface area contributed by atoms with Crippen molar-refractivity contribution in [2.45, 2.75) is 150 Å². The smallest absolute Gasteiger partial charge is 0.407 e. The Morgan fingerprint density at radius 1 is 1.11 bits per heavy atom. The van der Waals surface area contributed by atoms with Gasteiger partial charge in [-0.05, 0) is 71.3 Å². The summed E-state index contributed by atoms with van der Waals surface area (Å²) in [6, 6.07) is -0.935. The van der Waals surface area contributed by atoms with E-state index in [1.807, 2.05) is 34.6 Å². The predicted octanol–water partition coefficient (Wildman–Crippen LogP) is 4.11. The summed E-state index contributed by atoms with van der Waals surface area (Å²) in [5, 5.41) is 49.7. The number of hydrogen-bond acceptors (Lipinski definition) is 9. The number of carbonyl (C=O) groups is 2. The average molecular weight is 638 g/mol. The molecule has 3 aliphatic carbocycles. The number of hydrogen-bond donors (Lipinski definition) is 5. The molecule has 0 aromatic heterocycles. The summed E-state index contributed by atoms with van der Waals surface area (Å²) in [5.74, 6) is -1.73. The van der Waals surface area contributed by atoms with E-state index in [0.717, 1.165) is 11.1 Å². The van der Waals surface area contributed by atoms with Gasteiger partial charge in [0.15, 0.2) is 6.10 Å². The molecule has 4 rings (SSSR count). The van der Waals surface area contributed by atoms with Crippen LogP contribution in [0.1, 0.15) is 102 Å². The van der Waals surface area contributed by atoms with Crippen LogP contribution >= 0.6 is 0 Å². The highest BCUT2D eigenvalue weighted by Gasteiger charge is 2.73. The molecule has 12 atom stereocenters. The van der Waals surface area contributed by atoms with Crippen LogP contribution in [0.2, 0.25) is 0 Å². The van der Waals surface area contributed by atoms with Crippen molar-refractivity contribution < 1.29 is 44.2 Å². The molecule has 5 N–H and O–H groups in total. The molecule has 0 spiro atoms. The van der Waals surface area contributed by atoms with Crippen molar-refractivity contribution in [3.05, 3.63) is 11.1 Å². The molecule has 0 aromatic carbocycles. The Labute approximate surface area is 269 Å². The van der Waals surface area contributed by atoms with Crippen LogP contribution in [0.4, 0.5) is 4.79 Å². The van der Waals surface area contributed by atoms with Gasteiger partial charge in [0.2, 0.25) is 0 Å². The molecule has 1 heterocycles. The zero-order valence-corrected chi connectivity index (χ0v) is 29.4. The number of nitrogens with one attached hydrogen (secondary N) is 1. The van der Waals surface area contributed by atoms with Gasteiger partial charge in [-0.2, -0.15) is 0 Å². The van der Waals surface area contributed by atoms with Gasteiger partial charge >= 0.3 is 12.1 Å². The van der Waals surface area contributed by atoms with Crippen molar-refractivity contribution >= 4 is 12.1 Å². The van der Waals surface area contributed by atoms with E-state index in [1.54, 1.807) is 34.6 Å². The van der Waals surface area contributed by atoms with Crippen LogP contribution < -0.4 is 5.32 Å². The maximum atomic E-state index is 13.6. The van der Waals surface area contributed by atoms with Crippen LogP contribution in [0.15, 0.2) is 11.1 Å². The fourth-order valence-corrected chi connectivity index (χ4v) is 10.1. The van der Waals surface area contributed by atoms with Crippen molar-refractivity contribution in [2.75, 3.05) is 6.61 Å². The van der Waals surface area contributed by atoms with Crippen molar-refractivity contribution in [2.24, 2.45) is 39.9 Å². The predicted molar refractivity (Wildman–Crippen MR) is 169 cm³/mol. The molecule has 2 saturated carbocycles. The van der Waals surface area contributed by atoms with E-state index in [4.69, 9.17) is 14.2 Å². The third kappa shape index (κ3) is 5.74. The summed E-state index contributed by atoms with van der Waals surface area (Å²) in [4.78, 5) is 26.2. The van der Waals surface area contributed by atoms with Gasteiger partial charge in [0.1, 0.15) is 11.7 Å². The van der Waals surface area contributed by atoms with Crippen molar-refractivity contribution in [3.8, 4) is 0 Å². The molecular weight excluding hydrogens is 578 g/mol. The van der Waals surface area contributed by atoms with Gasteiger partial charge in [0, 0.05) is 35.0 Å². The van der Waals surface area contributed by atoms with Gasteiger partial charge in [-0.25, -0.2) is 9.59 Å². The summed E-state index contributed by atoms with van der Waals surface area (Å²) in [5.41, 5.74) is -2.56. The largest absolute Gasteiger partial charge is 0.456 e. The first-order valence-electron chi connectivity index (χ1n) is 16.7. The van der Waals surface area contributed by atoms with Crippen LogP contribution in [-0.4, -0.2) is 86.9 Å². The molecule has 0 aromatic rings. The minimum atomic E-state index is -1.65. The summed E-state index contributed by atoms with van der Waals surface area (Å²) in [6.45, 7) is 23.2. The normalized spacial score (nSPS) is 41.2. The second-order valence-electron chi connectivity index (χ2n) is 17.0. The minimum absolute atomic E-state index is 0.0526. The molecule has 4 aliphatic rings. The molecule has 45 heavy (non-hydrogen) atoms. The summed E-state index contributed by atoms with van der Waals surface area (Å²) < 4.78 is 17.4. The number of carbonyl (C=O) groups excluding carboxylic acids is 2. The fraction of sp³-hybridized carbons (Fsp3) is 0.886. The maximum absolute atomic E-state index is 13.6. The first-order chi connectivity index (χ1) is 20.4. The highest BCUT2D eigenvalue weighted by molar-refractivity contribution is 5.77. The van der Waals surface area contributed by atoms with Gasteiger partial charge < -0.3 is 40.0 Å². The zero-order valence-electron chi connectivity index (χ0n) is 29.4. The number of esters is 1. The fourth-order valence-electron chi connectivity index (χ4n) is 10.1. The van der Waals surface area contributed by atoms with E-state index >= 15 is 0 Å². The number of fused-ring (bicyclic) bond motifs is 4. The van der Waals surface area contributed by atoms with E-state index < -0.39 is 70.5 Å². The maximum Gasteiger partial charge on any atom is 0.407 e. The van der Waals surface area contributed by atoms with Crippen LogP contribution in [-0.2, 0) is 19.0 Å². The number of rotatable bonds is 7. The molecule has 3 fully saturated rings. The van der Waals surface area contributed by atoms with E-state index in [-0.39, 0.29) is 35.7 Å². The number of aliphatic hydroxyl groups is 4.